The minimum Gasteiger partial charge on any atom is -0.338 e. The number of halogens is 1. The highest BCUT2D eigenvalue weighted by atomic mass is 19.1. The lowest BCUT2D eigenvalue weighted by molar-refractivity contribution is -0.135. The lowest BCUT2D eigenvalue weighted by Crippen LogP contribution is -2.47. The van der Waals surface area contributed by atoms with Crippen LogP contribution in [0, 0.1) is 5.82 Å². The third-order valence-electron chi connectivity index (χ3n) is 4.12. The molecule has 2 atom stereocenters. The zero-order valence-corrected chi connectivity index (χ0v) is 12.0. The zero-order valence-electron chi connectivity index (χ0n) is 12.0. The average molecular weight is 278 g/mol. The minimum atomic E-state index is -0.250. The Balaban J connectivity index is 1.99. The van der Waals surface area contributed by atoms with E-state index in [2.05, 4.69) is 0 Å². The molecule has 1 amide bonds. The molecule has 1 aromatic rings. The first-order valence-corrected chi connectivity index (χ1v) is 7.37. The fourth-order valence-corrected chi connectivity index (χ4v) is 2.88. The fraction of sp³-hybridized carbons (Fsp3) is 0.562. The van der Waals surface area contributed by atoms with Crippen LogP contribution in [-0.4, -0.2) is 29.9 Å². The number of nitrogens with two attached hydrogens (primary N) is 1. The Hall–Kier alpha value is -1.42. The number of likely N-dealkylation sites (tertiary alicyclic amines) is 1. The molecule has 3 nitrogen and oxygen atoms in total. The molecule has 1 saturated heterocycles. The lowest BCUT2D eigenvalue weighted by atomic mass is 9.95. The van der Waals surface area contributed by atoms with Gasteiger partial charge in [0.25, 0.3) is 0 Å². The van der Waals surface area contributed by atoms with E-state index in [0.29, 0.717) is 13.0 Å². The van der Waals surface area contributed by atoms with Gasteiger partial charge < -0.3 is 10.6 Å². The van der Waals surface area contributed by atoms with Crippen LogP contribution in [0.3, 0.4) is 0 Å². The monoisotopic (exact) mass is 278 g/mol. The van der Waals surface area contributed by atoms with Crippen LogP contribution in [0.4, 0.5) is 4.39 Å². The summed E-state index contributed by atoms with van der Waals surface area (Å²) in [6.07, 6.45) is 3.61. The van der Waals surface area contributed by atoms with Crippen molar-refractivity contribution < 1.29 is 9.18 Å². The molecule has 20 heavy (non-hydrogen) atoms. The van der Waals surface area contributed by atoms with Crippen LogP contribution in [0.2, 0.25) is 0 Å². The first-order chi connectivity index (χ1) is 9.61. The summed E-state index contributed by atoms with van der Waals surface area (Å²) in [5, 5.41) is 0. The van der Waals surface area contributed by atoms with Gasteiger partial charge in [0, 0.05) is 25.6 Å². The highest BCUT2D eigenvalue weighted by Gasteiger charge is 2.26. The Kier molecular flexibility index (Phi) is 5.12. The maximum atomic E-state index is 13.2. The predicted octanol–water partition coefficient (Wildman–Crippen LogP) is 2.66. The summed E-state index contributed by atoms with van der Waals surface area (Å²) in [6, 6.07) is 6.67. The van der Waals surface area contributed by atoms with E-state index in [-0.39, 0.29) is 23.7 Å². The number of piperidine rings is 1. The molecule has 1 aliphatic heterocycles. The van der Waals surface area contributed by atoms with E-state index in [9.17, 15) is 9.18 Å². The van der Waals surface area contributed by atoms with Crippen molar-refractivity contribution in [3.05, 3.63) is 35.6 Å². The topological polar surface area (TPSA) is 46.3 Å². The molecular weight excluding hydrogens is 255 g/mol. The van der Waals surface area contributed by atoms with Crippen LogP contribution in [0.5, 0.6) is 0 Å². The second-order valence-corrected chi connectivity index (χ2v) is 5.63. The van der Waals surface area contributed by atoms with Crippen LogP contribution in [0.25, 0.3) is 0 Å². The fourth-order valence-electron chi connectivity index (χ4n) is 2.88. The van der Waals surface area contributed by atoms with Gasteiger partial charge in [-0.15, -0.1) is 0 Å². The van der Waals surface area contributed by atoms with Crippen molar-refractivity contribution in [2.45, 2.75) is 44.6 Å². The summed E-state index contributed by atoms with van der Waals surface area (Å²) in [5.41, 5.74) is 6.62. The van der Waals surface area contributed by atoms with Crippen molar-refractivity contribution in [2.75, 3.05) is 13.1 Å². The van der Waals surface area contributed by atoms with Gasteiger partial charge in [-0.1, -0.05) is 19.1 Å². The average Bonchev–Trinajstić information content (AvgIpc) is 2.47. The van der Waals surface area contributed by atoms with E-state index in [0.717, 1.165) is 31.4 Å². The normalized spacial score (nSPS) is 20.8. The van der Waals surface area contributed by atoms with Crippen molar-refractivity contribution >= 4 is 5.91 Å². The maximum absolute atomic E-state index is 13.2. The SMILES string of the molecule is CC(CC(=O)N1CCCCC1CN)c1cccc(F)c1. The molecule has 110 valence electrons. The van der Waals surface area contributed by atoms with Gasteiger partial charge in [0.15, 0.2) is 0 Å². The molecule has 0 saturated carbocycles. The molecule has 1 aliphatic rings. The molecule has 2 N–H and O–H groups in total. The molecule has 1 heterocycles. The molecule has 0 aliphatic carbocycles. The van der Waals surface area contributed by atoms with Crippen LogP contribution < -0.4 is 5.73 Å². The van der Waals surface area contributed by atoms with Crippen LogP contribution in [-0.2, 0) is 4.79 Å². The number of amides is 1. The first-order valence-electron chi connectivity index (χ1n) is 7.37. The Morgan fingerprint density at radius 2 is 2.30 bits per heavy atom. The van der Waals surface area contributed by atoms with Crippen LogP contribution in [0.1, 0.15) is 44.1 Å². The number of carbonyl (C=O) groups excluding carboxylic acids is 1. The van der Waals surface area contributed by atoms with Gasteiger partial charge in [0.05, 0.1) is 0 Å². The van der Waals surface area contributed by atoms with Crippen molar-refractivity contribution in [3.8, 4) is 0 Å². The summed E-state index contributed by atoms with van der Waals surface area (Å²) in [5.74, 6) is -0.0879. The van der Waals surface area contributed by atoms with Gasteiger partial charge in [-0.25, -0.2) is 4.39 Å². The molecule has 2 unspecified atom stereocenters. The van der Waals surface area contributed by atoms with E-state index >= 15 is 0 Å². The molecule has 0 radical (unpaired) electrons. The Bertz CT molecular complexity index is 464. The number of carbonyl (C=O) groups is 1. The number of hydrogen-bond acceptors (Lipinski definition) is 2. The summed E-state index contributed by atoms with van der Waals surface area (Å²) < 4.78 is 13.2. The largest absolute Gasteiger partial charge is 0.338 e. The van der Waals surface area contributed by atoms with E-state index in [1.165, 1.54) is 12.1 Å². The molecular formula is C16H23FN2O. The minimum absolute atomic E-state index is 0.0264. The quantitative estimate of drug-likeness (QED) is 0.920. The molecule has 0 aromatic heterocycles. The van der Waals surface area contributed by atoms with Crippen molar-refractivity contribution in [3.63, 3.8) is 0 Å². The van der Waals surface area contributed by atoms with Crippen molar-refractivity contribution in [2.24, 2.45) is 5.73 Å². The Morgan fingerprint density at radius 1 is 1.50 bits per heavy atom. The smallest absolute Gasteiger partial charge is 0.223 e. The molecule has 2 rings (SSSR count). The number of benzene rings is 1. The van der Waals surface area contributed by atoms with Crippen molar-refractivity contribution in [1.82, 2.24) is 4.90 Å². The third-order valence-corrected chi connectivity index (χ3v) is 4.12. The number of rotatable bonds is 4. The van der Waals surface area contributed by atoms with Gasteiger partial charge in [0.2, 0.25) is 5.91 Å². The van der Waals surface area contributed by atoms with E-state index in [4.69, 9.17) is 5.73 Å². The molecule has 0 bridgehead atoms. The van der Waals surface area contributed by atoms with Gasteiger partial charge >= 0.3 is 0 Å². The molecule has 0 spiro atoms. The zero-order chi connectivity index (χ0) is 14.5. The number of nitrogens with zero attached hydrogens (tertiary/aromatic N) is 1. The van der Waals surface area contributed by atoms with Crippen LogP contribution >= 0.6 is 0 Å². The summed E-state index contributed by atoms with van der Waals surface area (Å²) in [6.45, 7) is 3.30. The summed E-state index contributed by atoms with van der Waals surface area (Å²) >= 11 is 0. The molecule has 1 aromatic carbocycles. The predicted molar refractivity (Wildman–Crippen MR) is 77.8 cm³/mol. The van der Waals surface area contributed by atoms with Gasteiger partial charge in [0.1, 0.15) is 5.82 Å². The second-order valence-electron chi connectivity index (χ2n) is 5.63. The van der Waals surface area contributed by atoms with Crippen LogP contribution in [0.15, 0.2) is 24.3 Å². The van der Waals surface area contributed by atoms with Crippen molar-refractivity contribution in [1.29, 1.82) is 0 Å². The highest BCUT2D eigenvalue weighted by molar-refractivity contribution is 5.77. The van der Waals surface area contributed by atoms with Gasteiger partial charge in [-0.3, -0.25) is 4.79 Å². The molecule has 1 fully saturated rings. The third kappa shape index (κ3) is 3.57. The van der Waals surface area contributed by atoms with E-state index < -0.39 is 0 Å². The van der Waals surface area contributed by atoms with Gasteiger partial charge in [-0.05, 0) is 42.9 Å². The summed E-state index contributed by atoms with van der Waals surface area (Å²) in [7, 11) is 0. The van der Waals surface area contributed by atoms with E-state index in [1.807, 2.05) is 17.9 Å². The second kappa shape index (κ2) is 6.84. The highest BCUT2D eigenvalue weighted by Crippen LogP contribution is 2.23. The van der Waals surface area contributed by atoms with Gasteiger partial charge in [-0.2, -0.15) is 0 Å². The number of hydrogen-bond donors (Lipinski definition) is 1. The summed E-state index contributed by atoms with van der Waals surface area (Å²) in [4.78, 5) is 14.3. The Labute approximate surface area is 120 Å². The maximum Gasteiger partial charge on any atom is 0.223 e. The van der Waals surface area contributed by atoms with E-state index in [1.54, 1.807) is 6.07 Å². The molecule has 4 heteroatoms. The lowest BCUT2D eigenvalue weighted by Gasteiger charge is -2.35. The Morgan fingerprint density at radius 3 is 3.00 bits per heavy atom. The first kappa shape index (κ1) is 15.0. The standard InChI is InChI=1S/C16H23FN2O/c1-12(13-5-4-6-14(17)10-13)9-16(20)19-8-3-2-7-15(19)11-18/h4-6,10,12,15H,2-3,7-9,11,18H2,1H3.